The van der Waals surface area contributed by atoms with Crippen molar-refractivity contribution < 1.29 is 23.4 Å². The van der Waals surface area contributed by atoms with Crippen molar-refractivity contribution in [1.29, 1.82) is 0 Å². The van der Waals surface area contributed by atoms with Crippen molar-refractivity contribution in [3.8, 4) is 5.75 Å². The predicted octanol–water partition coefficient (Wildman–Crippen LogP) is 3.36. The van der Waals surface area contributed by atoms with Gasteiger partial charge in [-0.2, -0.15) is 5.10 Å². The molecule has 3 aromatic rings. The van der Waals surface area contributed by atoms with Crippen molar-refractivity contribution >= 4 is 33.3 Å². The van der Waals surface area contributed by atoms with Crippen molar-refractivity contribution in [2.24, 2.45) is 0 Å². The zero-order valence-electron chi connectivity index (χ0n) is 15.4. The average Bonchev–Trinajstić information content (AvgIpc) is 3.12. The SMILES string of the molecule is CCn1cc(N(Cc2ccccc2O)S(=O)(=O)c2ccc(Cl)cc2)c(C(=O)O)n1. The lowest BCUT2D eigenvalue weighted by molar-refractivity contribution is 0.0690. The third-order valence-corrected chi connectivity index (χ3v) is 6.27. The summed E-state index contributed by atoms with van der Waals surface area (Å²) in [7, 11) is -4.19. The minimum atomic E-state index is -4.19. The van der Waals surface area contributed by atoms with E-state index in [9.17, 15) is 23.4 Å². The fourth-order valence-electron chi connectivity index (χ4n) is 2.74. The molecule has 1 heterocycles. The molecular formula is C19H18ClN3O5S. The quantitative estimate of drug-likeness (QED) is 0.588. The number of rotatable bonds is 7. The molecule has 2 aromatic carbocycles. The number of carbonyl (C=O) groups is 1. The van der Waals surface area contributed by atoms with Gasteiger partial charge in [-0.25, -0.2) is 13.2 Å². The molecule has 2 N–H and O–H groups in total. The summed E-state index contributed by atoms with van der Waals surface area (Å²) in [4.78, 5) is 11.6. The van der Waals surface area contributed by atoms with E-state index in [1.165, 1.54) is 41.2 Å². The van der Waals surface area contributed by atoms with E-state index in [2.05, 4.69) is 5.10 Å². The molecule has 0 saturated carbocycles. The third kappa shape index (κ3) is 4.20. The highest BCUT2D eigenvalue weighted by Crippen LogP contribution is 2.31. The average molecular weight is 436 g/mol. The van der Waals surface area contributed by atoms with E-state index in [0.29, 0.717) is 17.1 Å². The van der Waals surface area contributed by atoms with Gasteiger partial charge in [0, 0.05) is 17.1 Å². The second kappa shape index (κ2) is 8.14. The van der Waals surface area contributed by atoms with Crippen molar-refractivity contribution in [2.75, 3.05) is 4.31 Å². The number of sulfonamides is 1. The lowest BCUT2D eigenvalue weighted by Crippen LogP contribution is -2.31. The van der Waals surface area contributed by atoms with E-state index in [1.807, 2.05) is 0 Å². The van der Waals surface area contributed by atoms with Gasteiger partial charge in [0.15, 0.2) is 5.69 Å². The molecule has 0 saturated heterocycles. The standard InChI is InChI=1S/C19H18ClN3O5S/c1-2-22-12-16(18(21-22)19(25)26)23(11-13-5-3-4-6-17(13)24)29(27,28)15-9-7-14(20)8-10-15/h3-10,12,24H,2,11H2,1H3,(H,25,26). The maximum atomic E-state index is 13.4. The zero-order valence-corrected chi connectivity index (χ0v) is 16.9. The van der Waals surface area contributed by atoms with Crippen LogP contribution in [-0.4, -0.2) is 34.4 Å². The van der Waals surface area contributed by atoms with Crippen LogP contribution in [0.4, 0.5) is 5.69 Å². The molecular weight excluding hydrogens is 418 g/mol. The summed E-state index contributed by atoms with van der Waals surface area (Å²) in [5.41, 5.74) is -0.192. The summed E-state index contributed by atoms with van der Waals surface area (Å²) in [6.45, 7) is 1.82. The summed E-state index contributed by atoms with van der Waals surface area (Å²) >= 11 is 5.87. The largest absolute Gasteiger partial charge is 0.508 e. The number of aromatic nitrogens is 2. The Labute approximate surface area is 172 Å². The van der Waals surface area contributed by atoms with Gasteiger partial charge < -0.3 is 10.2 Å². The molecule has 10 heteroatoms. The highest BCUT2D eigenvalue weighted by molar-refractivity contribution is 7.92. The lowest BCUT2D eigenvalue weighted by Gasteiger charge is -2.24. The highest BCUT2D eigenvalue weighted by atomic mass is 35.5. The number of aryl methyl sites for hydroxylation is 1. The molecule has 8 nitrogen and oxygen atoms in total. The van der Waals surface area contributed by atoms with Crippen LogP contribution in [0, 0.1) is 0 Å². The van der Waals surface area contributed by atoms with E-state index in [0.717, 1.165) is 4.31 Å². The third-order valence-electron chi connectivity index (χ3n) is 4.24. The number of halogens is 1. The van der Waals surface area contributed by atoms with Gasteiger partial charge in [-0.1, -0.05) is 29.8 Å². The molecule has 1 aromatic heterocycles. The molecule has 29 heavy (non-hydrogen) atoms. The van der Waals surface area contributed by atoms with Crippen LogP contribution >= 0.6 is 11.6 Å². The summed E-state index contributed by atoms with van der Waals surface area (Å²) in [5, 5.41) is 24.0. The normalized spacial score (nSPS) is 11.4. The number of aromatic hydroxyl groups is 1. The fraction of sp³-hybridized carbons (Fsp3) is 0.158. The highest BCUT2D eigenvalue weighted by Gasteiger charge is 2.31. The Morgan fingerprint density at radius 3 is 2.41 bits per heavy atom. The minimum absolute atomic E-state index is 0.0714. The van der Waals surface area contributed by atoms with Crippen molar-refractivity contribution in [1.82, 2.24) is 9.78 Å². The van der Waals surface area contributed by atoms with Crippen LogP contribution in [0.2, 0.25) is 5.02 Å². The van der Waals surface area contributed by atoms with E-state index >= 15 is 0 Å². The zero-order chi connectivity index (χ0) is 21.2. The first-order chi connectivity index (χ1) is 13.7. The van der Waals surface area contributed by atoms with Crippen LogP contribution in [-0.2, 0) is 23.1 Å². The van der Waals surface area contributed by atoms with Gasteiger partial charge >= 0.3 is 5.97 Å². The predicted molar refractivity (Wildman–Crippen MR) is 108 cm³/mol. The van der Waals surface area contributed by atoms with Crippen LogP contribution in [0.3, 0.4) is 0 Å². The molecule has 0 unspecified atom stereocenters. The Morgan fingerprint density at radius 1 is 1.17 bits per heavy atom. The number of para-hydroxylation sites is 1. The Kier molecular flexibility index (Phi) is 5.81. The van der Waals surface area contributed by atoms with Gasteiger partial charge in [0.05, 0.1) is 17.6 Å². The van der Waals surface area contributed by atoms with Gasteiger partial charge in [-0.05, 0) is 37.3 Å². The van der Waals surface area contributed by atoms with E-state index < -0.39 is 21.7 Å². The number of anilines is 1. The van der Waals surface area contributed by atoms with Crippen LogP contribution in [0.15, 0.2) is 59.6 Å². The van der Waals surface area contributed by atoms with Gasteiger partial charge in [0.25, 0.3) is 10.0 Å². The maximum absolute atomic E-state index is 13.4. The molecule has 0 fully saturated rings. The number of carboxylic acid groups (broad SMARTS) is 1. The number of hydrogen-bond donors (Lipinski definition) is 2. The molecule has 0 radical (unpaired) electrons. The Bertz CT molecular complexity index is 1140. The molecule has 0 bridgehead atoms. The molecule has 0 aliphatic rings. The van der Waals surface area contributed by atoms with E-state index in [1.54, 1.807) is 25.1 Å². The topological polar surface area (TPSA) is 113 Å². The molecule has 3 rings (SSSR count). The molecule has 0 spiro atoms. The van der Waals surface area contributed by atoms with Gasteiger partial charge in [-0.3, -0.25) is 8.99 Å². The van der Waals surface area contributed by atoms with Crippen molar-refractivity contribution in [2.45, 2.75) is 24.9 Å². The summed E-state index contributed by atoms with van der Waals surface area (Å²) < 4.78 is 29.1. The summed E-state index contributed by atoms with van der Waals surface area (Å²) in [6, 6.07) is 11.8. The van der Waals surface area contributed by atoms with E-state index in [-0.39, 0.29) is 22.9 Å². The van der Waals surface area contributed by atoms with Gasteiger partial charge in [-0.15, -0.1) is 0 Å². The van der Waals surface area contributed by atoms with Crippen molar-refractivity contribution in [3.63, 3.8) is 0 Å². The minimum Gasteiger partial charge on any atom is -0.508 e. The van der Waals surface area contributed by atoms with Crippen LogP contribution < -0.4 is 4.31 Å². The Hall–Kier alpha value is -3.04. The first-order valence-corrected chi connectivity index (χ1v) is 10.4. The molecule has 0 aliphatic carbocycles. The second-order valence-electron chi connectivity index (χ2n) is 6.12. The second-order valence-corrected chi connectivity index (χ2v) is 8.42. The molecule has 0 amide bonds. The lowest BCUT2D eigenvalue weighted by atomic mass is 10.2. The number of aromatic carboxylic acids is 1. The number of nitrogens with zero attached hydrogens (tertiary/aromatic N) is 3. The van der Waals surface area contributed by atoms with Crippen LogP contribution in [0.5, 0.6) is 5.75 Å². The number of phenols is 1. The van der Waals surface area contributed by atoms with Crippen LogP contribution in [0.1, 0.15) is 23.0 Å². The number of phenolic OH excluding ortho intramolecular Hbond substituents is 1. The number of benzene rings is 2. The summed E-state index contributed by atoms with van der Waals surface area (Å²) in [6.07, 6.45) is 1.36. The van der Waals surface area contributed by atoms with Gasteiger partial charge in [0.2, 0.25) is 0 Å². The smallest absolute Gasteiger partial charge is 0.358 e. The van der Waals surface area contributed by atoms with E-state index in [4.69, 9.17) is 11.6 Å². The van der Waals surface area contributed by atoms with Gasteiger partial charge in [0.1, 0.15) is 11.4 Å². The molecule has 0 aliphatic heterocycles. The molecule has 152 valence electrons. The first-order valence-electron chi connectivity index (χ1n) is 8.60. The Morgan fingerprint density at radius 2 is 1.83 bits per heavy atom. The van der Waals surface area contributed by atoms with Crippen molar-refractivity contribution in [3.05, 3.63) is 71.0 Å². The maximum Gasteiger partial charge on any atom is 0.358 e. The summed E-state index contributed by atoms with van der Waals surface area (Å²) in [5.74, 6) is -1.47. The number of carboxylic acids is 1. The first kappa shape index (κ1) is 20.7. The molecule has 0 atom stereocenters. The number of hydrogen-bond acceptors (Lipinski definition) is 5. The van der Waals surface area contributed by atoms with Crippen LogP contribution in [0.25, 0.3) is 0 Å². The Balaban J connectivity index is 2.20. The monoisotopic (exact) mass is 435 g/mol. The fourth-order valence-corrected chi connectivity index (χ4v) is 4.30.